The molecule has 34 heavy (non-hydrogen) atoms. The summed E-state index contributed by atoms with van der Waals surface area (Å²) in [7, 11) is 1.78. The van der Waals surface area contributed by atoms with Gasteiger partial charge in [-0.2, -0.15) is 0 Å². The molecule has 3 aromatic carbocycles. The standard InChI is InChI=1S/C24H18Cl5N3O2/c1-30-15-3-2-4-16(10-15)31-22(33)18-11-17(5-6-19(18)27)32-23(34)21-20(24(21,28)29)12-7-13(25)9-14(26)8-12/h2-11,20-21,30H,1H3,(H,31,33)(H,32,34)/t20-,21+/m1/s1. The zero-order valence-corrected chi connectivity index (χ0v) is 21.4. The smallest absolute Gasteiger partial charge is 0.257 e. The highest BCUT2D eigenvalue weighted by Crippen LogP contribution is 2.65. The number of carbonyl (C=O) groups is 2. The Hall–Kier alpha value is -2.15. The average molecular weight is 558 g/mol. The van der Waals surface area contributed by atoms with Crippen LogP contribution >= 0.6 is 58.0 Å². The van der Waals surface area contributed by atoms with Gasteiger partial charge in [0.25, 0.3) is 5.91 Å². The van der Waals surface area contributed by atoms with Crippen LogP contribution in [0.5, 0.6) is 0 Å². The number of anilines is 3. The van der Waals surface area contributed by atoms with Crippen LogP contribution in [-0.4, -0.2) is 23.2 Å². The fourth-order valence-corrected chi connectivity index (χ4v) is 5.34. The van der Waals surface area contributed by atoms with Crippen molar-refractivity contribution in [3.63, 3.8) is 0 Å². The molecule has 0 heterocycles. The summed E-state index contributed by atoms with van der Waals surface area (Å²) in [5, 5.41) is 9.66. The van der Waals surface area contributed by atoms with Crippen LogP contribution < -0.4 is 16.0 Å². The third-order valence-corrected chi connectivity index (χ3v) is 7.17. The summed E-state index contributed by atoms with van der Waals surface area (Å²) < 4.78 is -1.32. The molecule has 0 aliphatic heterocycles. The van der Waals surface area contributed by atoms with E-state index in [0.29, 0.717) is 27.0 Å². The molecule has 176 valence electrons. The first kappa shape index (κ1) is 25.0. The fourth-order valence-electron chi connectivity index (χ4n) is 3.77. The summed E-state index contributed by atoms with van der Waals surface area (Å²) in [6.45, 7) is 0. The largest absolute Gasteiger partial charge is 0.388 e. The molecule has 4 rings (SSSR count). The van der Waals surface area contributed by atoms with Crippen LogP contribution in [-0.2, 0) is 4.79 Å². The van der Waals surface area contributed by atoms with Crippen molar-refractivity contribution >= 4 is 86.9 Å². The molecular weight excluding hydrogens is 540 g/mol. The Morgan fingerprint density at radius 3 is 2.15 bits per heavy atom. The van der Waals surface area contributed by atoms with Crippen molar-refractivity contribution < 1.29 is 9.59 Å². The Morgan fingerprint density at radius 2 is 1.47 bits per heavy atom. The lowest BCUT2D eigenvalue weighted by atomic mass is 10.1. The fraction of sp³-hybridized carbons (Fsp3) is 0.167. The molecule has 0 radical (unpaired) electrons. The SMILES string of the molecule is CNc1cccc(NC(=O)c2cc(NC(=O)[C@@H]3[C@@H](c4cc(Cl)cc(Cl)c4)C3(Cl)Cl)ccc2Cl)c1. The lowest BCUT2D eigenvalue weighted by molar-refractivity contribution is -0.117. The molecule has 0 aromatic heterocycles. The summed E-state index contributed by atoms with van der Waals surface area (Å²) in [5.74, 6) is -2.04. The van der Waals surface area contributed by atoms with Crippen LogP contribution in [0.15, 0.2) is 60.7 Å². The topological polar surface area (TPSA) is 70.2 Å². The van der Waals surface area contributed by atoms with Gasteiger partial charge in [0.05, 0.1) is 16.5 Å². The van der Waals surface area contributed by atoms with E-state index in [2.05, 4.69) is 16.0 Å². The van der Waals surface area contributed by atoms with Crippen LogP contribution in [0.2, 0.25) is 15.1 Å². The van der Waals surface area contributed by atoms with Gasteiger partial charge in [0, 0.05) is 40.1 Å². The number of hydrogen-bond donors (Lipinski definition) is 3. The maximum atomic E-state index is 13.0. The highest BCUT2D eigenvalue weighted by molar-refractivity contribution is 6.53. The quantitative estimate of drug-likeness (QED) is 0.276. The van der Waals surface area contributed by atoms with Gasteiger partial charge in [-0.25, -0.2) is 0 Å². The Morgan fingerprint density at radius 1 is 0.824 bits per heavy atom. The predicted octanol–water partition coefficient (Wildman–Crippen LogP) is 7.47. The number of carbonyl (C=O) groups excluding carboxylic acids is 2. The Labute approximate surface area is 221 Å². The summed E-state index contributed by atoms with van der Waals surface area (Å²) in [6, 6.07) is 16.8. The van der Waals surface area contributed by atoms with Crippen molar-refractivity contribution in [3.05, 3.63) is 86.9 Å². The van der Waals surface area contributed by atoms with E-state index in [9.17, 15) is 9.59 Å². The minimum absolute atomic E-state index is 0.200. The summed E-state index contributed by atoms with van der Waals surface area (Å²) in [4.78, 5) is 25.8. The third-order valence-electron chi connectivity index (χ3n) is 5.47. The molecule has 1 aliphatic rings. The molecule has 1 fully saturated rings. The van der Waals surface area contributed by atoms with Crippen molar-refractivity contribution in [2.75, 3.05) is 23.0 Å². The number of alkyl halides is 2. The van der Waals surface area contributed by atoms with Gasteiger partial charge in [0.1, 0.15) is 4.33 Å². The minimum atomic E-state index is -1.32. The van der Waals surface area contributed by atoms with Gasteiger partial charge in [-0.15, -0.1) is 23.2 Å². The van der Waals surface area contributed by atoms with Crippen LogP contribution in [0, 0.1) is 5.92 Å². The second-order valence-electron chi connectivity index (χ2n) is 7.80. The number of hydrogen-bond acceptors (Lipinski definition) is 3. The molecule has 5 nitrogen and oxygen atoms in total. The summed E-state index contributed by atoms with van der Waals surface area (Å²) in [6.07, 6.45) is 0. The van der Waals surface area contributed by atoms with E-state index in [1.807, 2.05) is 12.1 Å². The van der Waals surface area contributed by atoms with Gasteiger partial charge in [0.15, 0.2) is 0 Å². The molecule has 1 aliphatic carbocycles. The maximum Gasteiger partial charge on any atom is 0.257 e. The highest BCUT2D eigenvalue weighted by atomic mass is 35.5. The number of benzene rings is 3. The van der Waals surface area contributed by atoms with E-state index in [1.165, 1.54) is 12.1 Å². The third kappa shape index (κ3) is 5.24. The van der Waals surface area contributed by atoms with E-state index in [4.69, 9.17) is 58.0 Å². The Kier molecular flexibility index (Phi) is 7.22. The van der Waals surface area contributed by atoms with E-state index in [0.717, 1.165) is 5.69 Å². The van der Waals surface area contributed by atoms with Crippen molar-refractivity contribution in [2.45, 2.75) is 10.3 Å². The lowest BCUT2D eigenvalue weighted by Crippen LogP contribution is -2.18. The monoisotopic (exact) mass is 555 g/mol. The molecule has 3 N–H and O–H groups in total. The highest BCUT2D eigenvalue weighted by Gasteiger charge is 2.67. The van der Waals surface area contributed by atoms with E-state index >= 15 is 0 Å². The van der Waals surface area contributed by atoms with Gasteiger partial charge in [-0.1, -0.05) is 40.9 Å². The molecule has 0 saturated heterocycles. The van der Waals surface area contributed by atoms with E-state index in [1.54, 1.807) is 43.4 Å². The molecule has 3 aromatic rings. The summed E-state index contributed by atoms with van der Waals surface area (Å²) in [5.41, 5.74) is 2.68. The molecule has 10 heteroatoms. The molecular formula is C24H18Cl5N3O2. The van der Waals surface area contributed by atoms with Crippen molar-refractivity contribution in [2.24, 2.45) is 5.92 Å². The van der Waals surface area contributed by atoms with Gasteiger partial charge >= 0.3 is 0 Å². The number of nitrogens with one attached hydrogen (secondary N) is 3. The van der Waals surface area contributed by atoms with Gasteiger partial charge in [0.2, 0.25) is 5.91 Å². The van der Waals surface area contributed by atoms with E-state index < -0.39 is 28.0 Å². The van der Waals surface area contributed by atoms with Gasteiger partial charge in [-0.05, 0) is 60.2 Å². The second-order valence-corrected chi connectivity index (χ2v) is 10.5. The first-order valence-corrected chi connectivity index (χ1v) is 12.0. The molecule has 0 spiro atoms. The van der Waals surface area contributed by atoms with Crippen molar-refractivity contribution in [3.8, 4) is 0 Å². The van der Waals surface area contributed by atoms with Crippen LogP contribution in [0.25, 0.3) is 0 Å². The molecule has 1 saturated carbocycles. The average Bonchev–Trinajstić information content (AvgIpc) is 3.36. The maximum absolute atomic E-state index is 13.0. The normalized spacial score (nSPS) is 18.2. The van der Waals surface area contributed by atoms with Crippen molar-refractivity contribution in [1.82, 2.24) is 0 Å². The lowest BCUT2D eigenvalue weighted by Gasteiger charge is -2.11. The Bertz CT molecular complexity index is 1260. The molecule has 0 unspecified atom stereocenters. The first-order chi connectivity index (χ1) is 16.1. The molecule has 2 atom stereocenters. The van der Waals surface area contributed by atoms with Crippen LogP contribution in [0.1, 0.15) is 21.8 Å². The van der Waals surface area contributed by atoms with Gasteiger partial charge < -0.3 is 16.0 Å². The second kappa shape index (κ2) is 9.84. The number of amides is 2. The number of rotatable bonds is 6. The van der Waals surface area contributed by atoms with E-state index in [-0.39, 0.29) is 10.6 Å². The summed E-state index contributed by atoms with van der Waals surface area (Å²) >= 11 is 31.3. The van der Waals surface area contributed by atoms with Gasteiger partial charge in [-0.3, -0.25) is 9.59 Å². The zero-order chi connectivity index (χ0) is 24.6. The predicted molar refractivity (Wildman–Crippen MR) is 141 cm³/mol. The Balaban J connectivity index is 1.50. The van der Waals surface area contributed by atoms with Crippen molar-refractivity contribution in [1.29, 1.82) is 0 Å². The zero-order valence-electron chi connectivity index (χ0n) is 17.6. The first-order valence-electron chi connectivity index (χ1n) is 10.1. The van der Waals surface area contributed by atoms with Crippen LogP contribution in [0.3, 0.4) is 0 Å². The minimum Gasteiger partial charge on any atom is -0.388 e. The number of halogens is 5. The molecule has 2 amide bonds. The van der Waals surface area contributed by atoms with Crippen LogP contribution in [0.4, 0.5) is 17.1 Å². The molecule has 0 bridgehead atoms.